The van der Waals surface area contributed by atoms with Gasteiger partial charge < -0.3 is 19.1 Å². The maximum atomic E-state index is 6.26. The molecule has 8 heterocycles. The highest BCUT2D eigenvalue weighted by atomic mass is 79.9. The summed E-state index contributed by atoms with van der Waals surface area (Å²) in [6, 6.07) is 106. The van der Waals surface area contributed by atoms with Crippen LogP contribution >= 0.6 is 38.6 Å². The predicted molar refractivity (Wildman–Crippen MR) is 395 cm³/mol. The van der Waals surface area contributed by atoms with E-state index >= 15 is 0 Å². The van der Waals surface area contributed by atoms with Crippen molar-refractivity contribution in [2.75, 3.05) is 10.2 Å². The van der Waals surface area contributed by atoms with Crippen molar-refractivity contribution in [3.63, 3.8) is 0 Å². The van der Waals surface area contributed by atoms with Gasteiger partial charge in [0.25, 0.3) is 0 Å². The lowest BCUT2D eigenvalue weighted by Crippen LogP contribution is -2.11. The molecule has 8 aromatic heterocycles. The van der Waals surface area contributed by atoms with Gasteiger partial charge in [-0.2, -0.15) is 10.2 Å². The highest BCUT2D eigenvalue weighted by Crippen LogP contribution is 2.48. The molecule has 20 aromatic rings. The summed E-state index contributed by atoms with van der Waals surface area (Å²) in [6.45, 7) is 0. The Morgan fingerprint density at radius 2 is 0.742 bits per heavy atom. The standard InChI is InChI=1S/C41H25N3OS.C24H15NOS.C17H11BrN2/c1-2-11-27(12-3-1)40-41(35-21-18-26-10-4-7-15-34(26)44(35)42-40)43(28-19-22-37-32(24-28)30-13-5-8-16-36(30)45-37)29-20-23-39-33(25-29)31-14-6-9-17-38(31)46-39;1-3-7-21-17(5-1)19-13-15(9-11-22(19)26-21)25-16-10-12-24-20(14-16)18-6-2-4-8-23(18)27-24;18-16-15-11-10-12-6-4-5-9-14(12)20(15)19-17(16)13-7-2-1-3-8-13/h1-25H;1-14,25H;1-11H. The second-order valence-corrected chi connectivity index (χ2v) is 26.1. The fraction of sp³-hybridized carbons (Fsp3) is 0. The van der Waals surface area contributed by atoms with E-state index in [-0.39, 0.29) is 0 Å². The molecule has 0 fully saturated rings. The minimum atomic E-state index is 0.873. The molecular formula is C82H51BrN6O2S2. The van der Waals surface area contributed by atoms with Crippen LogP contribution < -0.4 is 10.2 Å². The molecule has 93 heavy (non-hydrogen) atoms. The number of anilines is 5. The van der Waals surface area contributed by atoms with Crippen LogP contribution in [0.25, 0.3) is 140 Å². The van der Waals surface area contributed by atoms with Gasteiger partial charge in [-0.25, -0.2) is 9.03 Å². The molecule has 0 saturated heterocycles. The molecule has 0 radical (unpaired) electrons. The van der Waals surface area contributed by atoms with E-state index in [0.717, 1.165) is 127 Å². The number of furan rings is 2. The summed E-state index contributed by atoms with van der Waals surface area (Å²) in [6.07, 6.45) is 0. The number of benzene rings is 12. The molecule has 0 bridgehead atoms. The van der Waals surface area contributed by atoms with Crippen molar-refractivity contribution in [1.82, 2.24) is 19.2 Å². The summed E-state index contributed by atoms with van der Waals surface area (Å²) < 4.78 is 22.5. The minimum Gasteiger partial charge on any atom is -0.456 e. The Bertz CT molecular complexity index is 6050. The number of rotatable bonds is 7. The zero-order valence-electron chi connectivity index (χ0n) is 49.6. The van der Waals surface area contributed by atoms with E-state index in [4.69, 9.17) is 19.0 Å². The molecule has 8 nitrogen and oxygen atoms in total. The SMILES string of the molecule is Brc1c(-c2ccccc2)nn2c1ccc1ccccc12.c1ccc(-c2nn3c(ccc4ccccc43)c2N(c2ccc3oc4ccccc4c3c2)c2ccc3sc4ccccc4c3c2)cc1.c1ccc2c(c1)oc1ccc(Nc3ccc4sc5ccccc5c4c3)cc12. The van der Waals surface area contributed by atoms with Gasteiger partial charge in [0.1, 0.15) is 39.4 Å². The average Bonchev–Trinajstić information content (AvgIpc) is 1.91. The number of hydrogen-bond donors (Lipinski definition) is 1. The molecule has 11 heteroatoms. The van der Waals surface area contributed by atoms with Crippen molar-refractivity contribution in [2.45, 2.75) is 0 Å². The van der Waals surface area contributed by atoms with Gasteiger partial charge in [0.2, 0.25) is 0 Å². The maximum absolute atomic E-state index is 6.26. The van der Waals surface area contributed by atoms with Crippen molar-refractivity contribution in [1.29, 1.82) is 0 Å². The Morgan fingerprint density at radius 3 is 1.38 bits per heavy atom. The first-order chi connectivity index (χ1) is 46.0. The van der Waals surface area contributed by atoms with Crippen LogP contribution in [0.15, 0.2) is 317 Å². The Morgan fingerprint density at radius 1 is 0.323 bits per heavy atom. The Kier molecular flexibility index (Phi) is 13.2. The van der Waals surface area contributed by atoms with Crippen LogP contribution in [0.3, 0.4) is 0 Å². The maximum Gasteiger partial charge on any atom is 0.135 e. The van der Waals surface area contributed by atoms with Crippen molar-refractivity contribution in [2.24, 2.45) is 0 Å². The normalized spacial score (nSPS) is 11.7. The van der Waals surface area contributed by atoms with E-state index in [1.165, 1.54) is 45.7 Å². The summed E-state index contributed by atoms with van der Waals surface area (Å²) >= 11 is 7.37. The molecule has 20 rings (SSSR count). The second kappa shape index (κ2) is 22.5. The number of para-hydroxylation sites is 4. The summed E-state index contributed by atoms with van der Waals surface area (Å²) in [7, 11) is 0. The number of halogens is 1. The van der Waals surface area contributed by atoms with Gasteiger partial charge >= 0.3 is 0 Å². The van der Waals surface area contributed by atoms with E-state index in [1.807, 2.05) is 93.9 Å². The molecule has 12 aromatic carbocycles. The van der Waals surface area contributed by atoms with Crippen LogP contribution in [0.2, 0.25) is 0 Å². The smallest absolute Gasteiger partial charge is 0.135 e. The summed E-state index contributed by atoms with van der Waals surface area (Å²) in [4.78, 5) is 2.38. The number of nitrogens with one attached hydrogen (secondary N) is 1. The molecule has 0 aliphatic heterocycles. The first-order valence-electron chi connectivity index (χ1n) is 30.8. The van der Waals surface area contributed by atoms with Gasteiger partial charge in [-0.1, -0.05) is 182 Å². The molecule has 1 N–H and O–H groups in total. The van der Waals surface area contributed by atoms with Gasteiger partial charge in [-0.05, 0) is 137 Å². The summed E-state index contributed by atoms with van der Waals surface area (Å²) in [5, 5.41) is 25.6. The molecule has 0 spiro atoms. The Labute approximate surface area is 548 Å². The molecule has 0 saturated carbocycles. The van der Waals surface area contributed by atoms with Crippen LogP contribution in [0.1, 0.15) is 0 Å². The van der Waals surface area contributed by atoms with E-state index in [2.05, 4.69) is 267 Å². The topological polar surface area (TPSA) is 76.2 Å². The van der Waals surface area contributed by atoms with Crippen molar-refractivity contribution in [3.05, 3.63) is 308 Å². The molecule has 0 atom stereocenters. The lowest BCUT2D eigenvalue weighted by atomic mass is 10.1. The molecule has 440 valence electrons. The third-order valence-corrected chi connectivity index (χ3v) is 20.6. The van der Waals surface area contributed by atoms with Crippen molar-refractivity contribution < 1.29 is 8.83 Å². The van der Waals surface area contributed by atoms with Crippen LogP contribution in [-0.4, -0.2) is 19.2 Å². The van der Waals surface area contributed by atoms with Gasteiger partial charge in [-0.15, -0.1) is 22.7 Å². The average molecular weight is 1300 g/mol. The summed E-state index contributed by atoms with van der Waals surface area (Å²) in [5.41, 5.74) is 17.3. The third-order valence-electron chi connectivity index (χ3n) is 17.5. The van der Waals surface area contributed by atoms with E-state index < -0.39 is 0 Å². The number of fused-ring (bicyclic) bond motifs is 18. The van der Waals surface area contributed by atoms with Gasteiger partial charge in [0.15, 0.2) is 0 Å². The monoisotopic (exact) mass is 1290 g/mol. The first-order valence-corrected chi connectivity index (χ1v) is 33.2. The van der Waals surface area contributed by atoms with Crippen molar-refractivity contribution in [3.8, 4) is 22.5 Å². The lowest BCUT2D eigenvalue weighted by Gasteiger charge is -2.26. The molecule has 0 amide bonds. The highest BCUT2D eigenvalue weighted by Gasteiger charge is 2.26. The number of aromatic nitrogens is 4. The minimum absolute atomic E-state index is 0.873. The number of thiophene rings is 2. The fourth-order valence-electron chi connectivity index (χ4n) is 13.2. The predicted octanol–water partition coefficient (Wildman–Crippen LogP) is 24.5. The van der Waals surface area contributed by atoms with Crippen LogP contribution in [-0.2, 0) is 0 Å². The van der Waals surface area contributed by atoms with Gasteiger partial charge in [0.05, 0.1) is 26.5 Å². The van der Waals surface area contributed by atoms with Crippen molar-refractivity contribution >= 4 is 184 Å². The van der Waals surface area contributed by atoms with Crippen LogP contribution in [0, 0.1) is 0 Å². The number of hydrogen-bond acceptors (Lipinski definition) is 8. The van der Waals surface area contributed by atoms with Gasteiger partial charge in [0, 0.05) is 107 Å². The first kappa shape index (κ1) is 54.6. The number of nitrogens with zero attached hydrogens (tertiary/aromatic N) is 5. The van der Waals surface area contributed by atoms with E-state index in [0.29, 0.717) is 0 Å². The van der Waals surface area contributed by atoms with Crippen LogP contribution in [0.5, 0.6) is 0 Å². The fourth-order valence-corrected chi connectivity index (χ4v) is 15.9. The lowest BCUT2D eigenvalue weighted by molar-refractivity contribution is 0.668. The molecule has 0 unspecified atom stereocenters. The highest BCUT2D eigenvalue weighted by molar-refractivity contribution is 9.10. The molecule has 0 aliphatic rings. The summed E-state index contributed by atoms with van der Waals surface area (Å²) in [5.74, 6) is 0. The van der Waals surface area contributed by atoms with Gasteiger partial charge in [-0.3, -0.25) is 0 Å². The van der Waals surface area contributed by atoms with E-state index in [9.17, 15) is 0 Å². The second-order valence-electron chi connectivity index (χ2n) is 23.1. The quantitative estimate of drug-likeness (QED) is 0.171. The molecule has 0 aliphatic carbocycles. The third kappa shape index (κ3) is 9.55. The zero-order valence-corrected chi connectivity index (χ0v) is 52.8. The Hall–Kier alpha value is -11.3. The Balaban J connectivity index is 0.000000114. The zero-order chi connectivity index (χ0) is 61.5. The number of pyridine rings is 2. The largest absolute Gasteiger partial charge is 0.456 e. The molecular weight excluding hydrogens is 1240 g/mol. The van der Waals surface area contributed by atoms with Crippen LogP contribution in [0.4, 0.5) is 28.4 Å². The van der Waals surface area contributed by atoms with E-state index in [1.54, 1.807) is 0 Å².